The molecule has 0 fully saturated rings. The summed E-state index contributed by atoms with van der Waals surface area (Å²) in [6.45, 7) is 4.98. The number of para-hydroxylation sites is 1. The highest BCUT2D eigenvalue weighted by Crippen LogP contribution is 2.35. The van der Waals surface area contributed by atoms with Crippen LogP contribution >= 0.6 is 0 Å². The summed E-state index contributed by atoms with van der Waals surface area (Å²) in [4.78, 5) is 24.1. The summed E-state index contributed by atoms with van der Waals surface area (Å²) in [6, 6.07) is 4.65. The van der Waals surface area contributed by atoms with E-state index in [9.17, 15) is 22.8 Å². The average Bonchev–Trinajstić information content (AvgIpc) is 2.43. The lowest BCUT2D eigenvalue weighted by atomic mass is 9.90. The molecule has 2 amide bonds. The normalized spacial score (nSPS) is 11.9. The highest BCUT2D eigenvalue weighted by atomic mass is 19.4. The van der Waals surface area contributed by atoms with Crippen molar-refractivity contribution in [1.29, 1.82) is 0 Å². The molecule has 1 rings (SSSR count). The van der Waals surface area contributed by atoms with Crippen molar-refractivity contribution in [2.24, 2.45) is 5.41 Å². The standard InChI is InChI=1S/C15H19F3N2O2/c1-4-9-19-12(21)14(2,3)13(22)20-11-8-6-5-7-10(11)15(16,17)18/h5-8H,4,9H2,1-3H3,(H,19,21)(H,20,22). The number of carbonyl (C=O) groups excluding carboxylic acids is 2. The van der Waals surface area contributed by atoms with Gasteiger partial charge in [0.2, 0.25) is 11.8 Å². The third kappa shape index (κ3) is 4.22. The zero-order chi connectivity index (χ0) is 17.0. The van der Waals surface area contributed by atoms with Crippen molar-refractivity contribution in [3.05, 3.63) is 29.8 Å². The SMILES string of the molecule is CCCNC(=O)C(C)(C)C(=O)Nc1ccccc1C(F)(F)F. The number of nitrogens with one attached hydrogen (secondary N) is 2. The molecule has 0 aliphatic carbocycles. The second-order valence-electron chi connectivity index (χ2n) is 5.38. The second kappa shape index (κ2) is 6.81. The summed E-state index contributed by atoms with van der Waals surface area (Å²) in [7, 11) is 0. The van der Waals surface area contributed by atoms with E-state index in [1.165, 1.54) is 26.0 Å². The number of rotatable bonds is 5. The topological polar surface area (TPSA) is 58.2 Å². The van der Waals surface area contributed by atoms with Crippen LogP contribution < -0.4 is 10.6 Å². The average molecular weight is 316 g/mol. The summed E-state index contributed by atoms with van der Waals surface area (Å²) in [5.74, 6) is -1.32. The Bertz CT molecular complexity index is 554. The van der Waals surface area contributed by atoms with E-state index < -0.39 is 29.0 Å². The van der Waals surface area contributed by atoms with Gasteiger partial charge in [0, 0.05) is 6.54 Å². The van der Waals surface area contributed by atoms with Crippen molar-refractivity contribution in [3.8, 4) is 0 Å². The van der Waals surface area contributed by atoms with Crippen LogP contribution in [-0.4, -0.2) is 18.4 Å². The molecule has 22 heavy (non-hydrogen) atoms. The lowest BCUT2D eigenvalue weighted by molar-refractivity contribution is -0.138. The fourth-order valence-electron chi connectivity index (χ4n) is 1.68. The van der Waals surface area contributed by atoms with Gasteiger partial charge in [-0.1, -0.05) is 19.1 Å². The molecule has 2 N–H and O–H groups in total. The maximum absolute atomic E-state index is 12.9. The molecule has 0 atom stereocenters. The van der Waals surface area contributed by atoms with E-state index in [1.54, 1.807) is 0 Å². The highest BCUT2D eigenvalue weighted by Gasteiger charge is 2.38. The van der Waals surface area contributed by atoms with E-state index in [4.69, 9.17) is 0 Å². The molecule has 0 radical (unpaired) electrons. The fourth-order valence-corrected chi connectivity index (χ4v) is 1.68. The maximum atomic E-state index is 12.9. The van der Waals surface area contributed by atoms with Crippen LogP contribution in [-0.2, 0) is 15.8 Å². The number of hydrogen-bond acceptors (Lipinski definition) is 2. The zero-order valence-electron chi connectivity index (χ0n) is 12.7. The third-order valence-electron chi connectivity index (χ3n) is 3.15. The van der Waals surface area contributed by atoms with E-state index in [2.05, 4.69) is 10.6 Å². The van der Waals surface area contributed by atoms with Crippen LogP contribution in [0.5, 0.6) is 0 Å². The predicted octanol–water partition coefficient (Wildman–Crippen LogP) is 3.20. The Balaban J connectivity index is 2.96. The van der Waals surface area contributed by atoms with Crippen LogP contribution in [0.1, 0.15) is 32.8 Å². The fraction of sp³-hybridized carbons (Fsp3) is 0.467. The smallest absolute Gasteiger partial charge is 0.355 e. The van der Waals surface area contributed by atoms with Gasteiger partial charge in [-0.05, 0) is 32.4 Å². The Morgan fingerprint density at radius 1 is 1.09 bits per heavy atom. The van der Waals surface area contributed by atoms with Crippen LogP contribution in [0.15, 0.2) is 24.3 Å². The van der Waals surface area contributed by atoms with Gasteiger partial charge in [0.15, 0.2) is 0 Å². The minimum Gasteiger partial charge on any atom is -0.355 e. The van der Waals surface area contributed by atoms with Gasteiger partial charge in [-0.25, -0.2) is 0 Å². The Morgan fingerprint density at radius 3 is 2.23 bits per heavy atom. The molecule has 4 nitrogen and oxygen atoms in total. The number of hydrogen-bond donors (Lipinski definition) is 2. The summed E-state index contributed by atoms with van der Waals surface area (Å²) >= 11 is 0. The van der Waals surface area contributed by atoms with Gasteiger partial charge in [0.05, 0.1) is 11.3 Å². The second-order valence-corrected chi connectivity index (χ2v) is 5.38. The van der Waals surface area contributed by atoms with Crippen molar-refractivity contribution in [3.63, 3.8) is 0 Å². The van der Waals surface area contributed by atoms with Crippen LogP contribution in [0.3, 0.4) is 0 Å². The van der Waals surface area contributed by atoms with Crippen LogP contribution in [0.25, 0.3) is 0 Å². The minimum atomic E-state index is -4.58. The first-order valence-corrected chi connectivity index (χ1v) is 6.86. The van der Waals surface area contributed by atoms with E-state index in [-0.39, 0.29) is 5.69 Å². The van der Waals surface area contributed by atoms with Crippen molar-refractivity contribution in [2.75, 3.05) is 11.9 Å². The molecule has 1 aromatic rings. The maximum Gasteiger partial charge on any atom is 0.418 e. The molecule has 0 saturated carbocycles. The number of carbonyl (C=O) groups is 2. The van der Waals surface area contributed by atoms with Gasteiger partial charge >= 0.3 is 6.18 Å². The molecule has 0 unspecified atom stereocenters. The molecule has 0 bridgehead atoms. The number of halogens is 3. The first kappa shape index (κ1) is 18.0. The molecular weight excluding hydrogens is 297 g/mol. The van der Waals surface area contributed by atoms with Gasteiger partial charge in [0.25, 0.3) is 0 Å². The van der Waals surface area contributed by atoms with Gasteiger partial charge in [0.1, 0.15) is 5.41 Å². The lowest BCUT2D eigenvalue weighted by Gasteiger charge is -2.23. The predicted molar refractivity (Wildman–Crippen MR) is 77.2 cm³/mol. The first-order chi connectivity index (χ1) is 10.1. The van der Waals surface area contributed by atoms with E-state index in [1.807, 2.05) is 6.92 Å². The van der Waals surface area contributed by atoms with Crippen molar-refractivity contribution in [2.45, 2.75) is 33.4 Å². The van der Waals surface area contributed by atoms with Crippen molar-refractivity contribution in [1.82, 2.24) is 5.32 Å². The number of alkyl halides is 3. The molecule has 0 aliphatic heterocycles. The monoisotopic (exact) mass is 316 g/mol. The molecule has 7 heteroatoms. The minimum absolute atomic E-state index is 0.364. The summed E-state index contributed by atoms with van der Waals surface area (Å²) < 4.78 is 38.7. The molecule has 0 spiro atoms. The quantitative estimate of drug-likeness (QED) is 0.820. The van der Waals surface area contributed by atoms with Crippen LogP contribution in [0.4, 0.5) is 18.9 Å². The number of benzene rings is 1. The largest absolute Gasteiger partial charge is 0.418 e. The van der Waals surface area contributed by atoms with E-state index in [0.717, 1.165) is 12.1 Å². The molecule has 0 aliphatic rings. The molecular formula is C15H19F3N2O2. The van der Waals surface area contributed by atoms with Crippen molar-refractivity contribution >= 4 is 17.5 Å². The molecule has 1 aromatic carbocycles. The van der Waals surface area contributed by atoms with E-state index in [0.29, 0.717) is 13.0 Å². The number of anilines is 1. The summed E-state index contributed by atoms with van der Waals surface area (Å²) in [6.07, 6.45) is -3.89. The Hall–Kier alpha value is -2.05. The molecule has 122 valence electrons. The lowest BCUT2D eigenvalue weighted by Crippen LogP contribution is -2.45. The van der Waals surface area contributed by atoms with E-state index >= 15 is 0 Å². The Labute approximate surface area is 127 Å². The Kier molecular flexibility index (Phi) is 5.57. The third-order valence-corrected chi connectivity index (χ3v) is 3.15. The highest BCUT2D eigenvalue weighted by molar-refractivity contribution is 6.10. The van der Waals surface area contributed by atoms with Crippen molar-refractivity contribution < 1.29 is 22.8 Å². The van der Waals surface area contributed by atoms with Gasteiger partial charge in [-0.3, -0.25) is 9.59 Å². The Morgan fingerprint density at radius 2 is 1.68 bits per heavy atom. The number of amides is 2. The van der Waals surface area contributed by atoms with Gasteiger partial charge < -0.3 is 10.6 Å². The first-order valence-electron chi connectivity index (χ1n) is 6.86. The molecule has 0 saturated heterocycles. The van der Waals surface area contributed by atoms with Gasteiger partial charge in [-0.15, -0.1) is 0 Å². The summed E-state index contributed by atoms with van der Waals surface area (Å²) in [5, 5.41) is 4.76. The summed E-state index contributed by atoms with van der Waals surface area (Å²) in [5.41, 5.74) is -2.79. The molecule has 0 aromatic heterocycles. The zero-order valence-corrected chi connectivity index (χ0v) is 12.7. The van der Waals surface area contributed by atoms with Gasteiger partial charge in [-0.2, -0.15) is 13.2 Å². The van der Waals surface area contributed by atoms with Crippen LogP contribution in [0, 0.1) is 5.41 Å². The molecule has 0 heterocycles. The van der Waals surface area contributed by atoms with Crippen LogP contribution in [0.2, 0.25) is 0 Å².